The van der Waals surface area contributed by atoms with Crippen molar-refractivity contribution in [3.63, 3.8) is 0 Å². The van der Waals surface area contributed by atoms with E-state index in [-0.39, 0.29) is 5.92 Å². The summed E-state index contributed by atoms with van der Waals surface area (Å²) >= 11 is 0. The molecule has 3 unspecified atom stereocenters. The maximum Gasteiger partial charge on any atom is 0.307 e. The highest BCUT2D eigenvalue weighted by molar-refractivity contribution is 5.70. The summed E-state index contributed by atoms with van der Waals surface area (Å²) in [4.78, 5) is 13.2. The van der Waals surface area contributed by atoms with Crippen LogP contribution in [0.25, 0.3) is 0 Å². The maximum atomic E-state index is 11.0. The molecule has 4 nitrogen and oxygen atoms in total. The van der Waals surface area contributed by atoms with Gasteiger partial charge in [0.05, 0.1) is 12.5 Å². The minimum absolute atomic E-state index is 0.216. The van der Waals surface area contributed by atoms with Crippen LogP contribution in [0, 0.1) is 11.8 Å². The molecule has 1 saturated heterocycles. The van der Waals surface area contributed by atoms with Gasteiger partial charge in [0.15, 0.2) is 0 Å². The molecule has 0 amide bonds. The molecule has 2 aliphatic rings. The summed E-state index contributed by atoms with van der Waals surface area (Å²) in [5.41, 5.74) is 0. The lowest BCUT2D eigenvalue weighted by atomic mass is 9.98. The van der Waals surface area contributed by atoms with E-state index in [1.807, 2.05) is 6.07 Å². The minimum Gasteiger partial charge on any atom is -0.481 e. The fourth-order valence-corrected chi connectivity index (χ4v) is 3.02. The Morgan fingerprint density at radius 2 is 2.32 bits per heavy atom. The van der Waals surface area contributed by atoms with Crippen LogP contribution in [0.1, 0.15) is 43.6 Å². The summed E-state index contributed by atoms with van der Waals surface area (Å²) in [6, 6.07) is 4.13. The van der Waals surface area contributed by atoms with Gasteiger partial charge in [-0.3, -0.25) is 9.69 Å². The number of nitrogens with zero attached hydrogens (tertiary/aromatic N) is 1. The van der Waals surface area contributed by atoms with Crippen molar-refractivity contribution in [1.82, 2.24) is 4.90 Å². The van der Waals surface area contributed by atoms with Gasteiger partial charge in [-0.2, -0.15) is 0 Å². The largest absolute Gasteiger partial charge is 0.481 e. The molecular weight excluding hydrogens is 242 g/mol. The summed E-state index contributed by atoms with van der Waals surface area (Å²) in [5.74, 6) is 2.56. The van der Waals surface area contributed by atoms with Crippen LogP contribution >= 0.6 is 0 Å². The van der Waals surface area contributed by atoms with Gasteiger partial charge in [0, 0.05) is 12.5 Å². The molecular formula is C15H21NO3. The quantitative estimate of drug-likeness (QED) is 0.907. The monoisotopic (exact) mass is 263 g/mol. The Bertz CT molecular complexity index is 468. The molecule has 1 aromatic rings. The highest BCUT2D eigenvalue weighted by Crippen LogP contribution is 2.47. The highest BCUT2D eigenvalue weighted by Gasteiger charge is 2.36. The Morgan fingerprint density at radius 3 is 3.00 bits per heavy atom. The molecule has 1 aromatic heterocycles. The lowest BCUT2D eigenvalue weighted by molar-refractivity contribution is -0.143. The van der Waals surface area contributed by atoms with E-state index in [1.54, 1.807) is 0 Å². The summed E-state index contributed by atoms with van der Waals surface area (Å²) in [6.45, 7) is 4.60. The molecule has 4 heteroatoms. The third kappa shape index (κ3) is 2.84. The fraction of sp³-hybridized carbons (Fsp3) is 0.667. The van der Waals surface area contributed by atoms with E-state index < -0.39 is 5.97 Å². The number of likely N-dealkylation sites (tertiary alicyclic amines) is 1. The van der Waals surface area contributed by atoms with Gasteiger partial charge in [-0.1, -0.05) is 6.92 Å². The average molecular weight is 263 g/mol. The predicted octanol–water partition coefficient (Wildman–Crippen LogP) is 2.70. The first kappa shape index (κ1) is 12.7. The van der Waals surface area contributed by atoms with Crippen LogP contribution in [0.4, 0.5) is 0 Å². The third-order valence-corrected chi connectivity index (χ3v) is 4.39. The number of rotatable bonds is 4. The Labute approximate surface area is 113 Å². The molecule has 0 radical (unpaired) electrons. The van der Waals surface area contributed by atoms with E-state index in [0.29, 0.717) is 12.5 Å². The SMILES string of the molecule is CC1CC1c1ccc(CN2CCCC(C(=O)O)C2)o1. The van der Waals surface area contributed by atoms with E-state index in [9.17, 15) is 4.79 Å². The van der Waals surface area contributed by atoms with Gasteiger partial charge in [0.1, 0.15) is 11.5 Å². The van der Waals surface area contributed by atoms with Crippen LogP contribution in [-0.2, 0) is 11.3 Å². The number of furan rings is 1. The molecule has 1 N–H and O–H groups in total. The molecule has 0 aromatic carbocycles. The number of carboxylic acid groups (broad SMARTS) is 1. The third-order valence-electron chi connectivity index (χ3n) is 4.39. The number of hydrogen-bond donors (Lipinski definition) is 1. The normalized spacial score (nSPS) is 31.3. The van der Waals surface area contributed by atoms with Crippen LogP contribution in [0.2, 0.25) is 0 Å². The topological polar surface area (TPSA) is 53.7 Å². The molecule has 2 fully saturated rings. The van der Waals surface area contributed by atoms with Crippen molar-refractivity contribution in [1.29, 1.82) is 0 Å². The zero-order valence-electron chi connectivity index (χ0n) is 11.3. The van der Waals surface area contributed by atoms with Crippen LogP contribution < -0.4 is 0 Å². The van der Waals surface area contributed by atoms with Crippen LogP contribution in [0.5, 0.6) is 0 Å². The smallest absolute Gasteiger partial charge is 0.307 e. The van der Waals surface area contributed by atoms with Crippen molar-refractivity contribution >= 4 is 5.97 Å². The van der Waals surface area contributed by atoms with Crippen molar-refractivity contribution in [2.75, 3.05) is 13.1 Å². The highest BCUT2D eigenvalue weighted by atomic mass is 16.4. The number of hydrogen-bond acceptors (Lipinski definition) is 3. The molecule has 1 aliphatic heterocycles. The molecule has 104 valence electrons. The van der Waals surface area contributed by atoms with Gasteiger partial charge in [-0.05, 0) is 43.9 Å². The second kappa shape index (κ2) is 5.00. The van der Waals surface area contributed by atoms with Gasteiger partial charge in [0.2, 0.25) is 0 Å². The first-order chi connectivity index (χ1) is 9.13. The van der Waals surface area contributed by atoms with Crippen molar-refractivity contribution < 1.29 is 14.3 Å². The van der Waals surface area contributed by atoms with Crippen molar-refractivity contribution in [2.24, 2.45) is 11.8 Å². The summed E-state index contributed by atoms with van der Waals surface area (Å²) in [6.07, 6.45) is 3.00. The summed E-state index contributed by atoms with van der Waals surface area (Å²) in [5, 5.41) is 9.09. The van der Waals surface area contributed by atoms with E-state index in [4.69, 9.17) is 9.52 Å². The lowest BCUT2D eigenvalue weighted by Crippen LogP contribution is -2.38. The van der Waals surface area contributed by atoms with Crippen LogP contribution in [-0.4, -0.2) is 29.1 Å². The van der Waals surface area contributed by atoms with Gasteiger partial charge in [-0.25, -0.2) is 0 Å². The second-order valence-electron chi connectivity index (χ2n) is 6.04. The molecule has 3 rings (SSSR count). The molecule has 1 aliphatic carbocycles. The van der Waals surface area contributed by atoms with Gasteiger partial charge >= 0.3 is 5.97 Å². The Kier molecular flexibility index (Phi) is 3.35. The second-order valence-corrected chi connectivity index (χ2v) is 6.04. The number of piperidine rings is 1. The van der Waals surface area contributed by atoms with E-state index >= 15 is 0 Å². The molecule has 3 atom stereocenters. The van der Waals surface area contributed by atoms with E-state index in [0.717, 1.165) is 43.4 Å². The molecule has 1 saturated carbocycles. The van der Waals surface area contributed by atoms with Crippen molar-refractivity contribution in [3.05, 3.63) is 23.7 Å². The van der Waals surface area contributed by atoms with E-state index in [1.165, 1.54) is 6.42 Å². The van der Waals surface area contributed by atoms with Gasteiger partial charge in [0.25, 0.3) is 0 Å². The number of carboxylic acids is 1. The summed E-state index contributed by atoms with van der Waals surface area (Å²) < 4.78 is 5.89. The Balaban J connectivity index is 1.58. The summed E-state index contributed by atoms with van der Waals surface area (Å²) in [7, 11) is 0. The van der Waals surface area contributed by atoms with Crippen LogP contribution in [0.3, 0.4) is 0 Å². The first-order valence-corrected chi connectivity index (χ1v) is 7.17. The Morgan fingerprint density at radius 1 is 1.53 bits per heavy atom. The van der Waals surface area contributed by atoms with E-state index in [2.05, 4.69) is 17.9 Å². The number of aliphatic carboxylic acids is 1. The first-order valence-electron chi connectivity index (χ1n) is 7.17. The Hall–Kier alpha value is -1.29. The molecule has 2 heterocycles. The zero-order valence-corrected chi connectivity index (χ0v) is 11.3. The van der Waals surface area contributed by atoms with Crippen LogP contribution in [0.15, 0.2) is 16.5 Å². The maximum absolute atomic E-state index is 11.0. The van der Waals surface area contributed by atoms with Gasteiger partial charge in [-0.15, -0.1) is 0 Å². The lowest BCUT2D eigenvalue weighted by Gasteiger charge is -2.29. The fourth-order valence-electron chi connectivity index (χ4n) is 3.02. The van der Waals surface area contributed by atoms with Crippen molar-refractivity contribution in [2.45, 2.75) is 38.6 Å². The zero-order chi connectivity index (χ0) is 13.4. The predicted molar refractivity (Wildman–Crippen MR) is 70.9 cm³/mol. The number of carbonyl (C=O) groups is 1. The minimum atomic E-state index is -0.670. The molecule has 19 heavy (non-hydrogen) atoms. The van der Waals surface area contributed by atoms with Crippen molar-refractivity contribution in [3.8, 4) is 0 Å². The average Bonchev–Trinajstić information content (AvgIpc) is 2.94. The molecule has 0 bridgehead atoms. The molecule has 0 spiro atoms. The van der Waals surface area contributed by atoms with Gasteiger partial charge < -0.3 is 9.52 Å². The standard InChI is InChI=1S/C15H21NO3/c1-10-7-13(10)14-5-4-12(19-14)9-16-6-2-3-11(8-16)15(17)18/h4-5,10-11,13H,2-3,6-9H2,1H3,(H,17,18).